The van der Waals surface area contributed by atoms with E-state index in [1.807, 2.05) is 11.9 Å². The molecule has 2 saturated heterocycles. The Kier molecular flexibility index (Phi) is 7.75. The van der Waals surface area contributed by atoms with Gasteiger partial charge in [-0.25, -0.2) is 4.39 Å². The zero-order chi connectivity index (χ0) is 31.7. The molecule has 2 atom stereocenters. The third-order valence-corrected chi connectivity index (χ3v) is 12.2. The quantitative estimate of drug-likeness (QED) is 0.177. The Balaban J connectivity index is 1.40. The smallest absolute Gasteiger partial charge is 0.393 e. The summed E-state index contributed by atoms with van der Waals surface area (Å²) in [5.74, 6) is 5.75. The highest BCUT2D eigenvalue weighted by Crippen LogP contribution is 2.51. The van der Waals surface area contributed by atoms with Crippen LogP contribution in [-0.4, -0.2) is 69.3 Å². The van der Waals surface area contributed by atoms with Crippen LogP contribution in [0.15, 0.2) is 36.4 Å². The van der Waals surface area contributed by atoms with Crippen LogP contribution < -0.4 is 20.7 Å². The first-order chi connectivity index (χ1) is 20.7. The number of nitrogens with zero attached hydrogens (tertiary/aromatic N) is 1. The SMILES string of the molecule is [2H]C([2H])([2H])Oc1cc(P2(=O)CCCC2)ccc1NCC#Cc1sc2c(N[C@@H]3CCN(C)C[C@@H]3F)cccc2c1CC(F)(F)F. The van der Waals surface area contributed by atoms with Gasteiger partial charge in [0.15, 0.2) is 0 Å². The summed E-state index contributed by atoms with van der Waals surface area (Å²) in [4.78, 5) is 2.16. The van der Waals surface area contributed by atoms with Gasteiger partial charge in [-0.1, -0.05) is 24.0 Å². The molecule has 0 bridgehead atoms. The maximum Gasteiger partial charge on any atom is 0.393 e. The molecule has 3 heterocycles. The van der Waals surface area contributed by atoms with Crippen molar-refractivity contribution in [3.8, 4) is 17.6 Å². The Morgan fingerprint density at radius 1 is 1.22 bits per heavy atom. The number of nitrogens with one attached hydrogen (secondary N) is 2. The van der Waals surface area contributed by atoms with E-state index in [0.717, 1.165) is 24.2 Å². The summed E-state index contributed by atoms with van der Waals surface area (Å²) in [5.41, 5.74) is 0.959. The second kappa shape index (κ2) is 12.2. The van der Waals surface area contributed by atoms with Gasteiger partial charge in [0.25, 0.3) is 0 Å². The molecule has 2 aromatic carbocycles. The lowest BCUT2D eigenvalue weighted by Crippen LogP contribution is -2.46. The lowest BCUT2D eigenvalue weighted by molar-refractivity contribution is -0.126. The standard InChI is InChI=1S/C30H34F4N3O2PS/c1-37-14-12-24(23(31)19-37)36-26-8-5-7-21-22(18-30(32,33)34)28(41-29(21)26)9-6-13-35-25-11-10-20(17-27(25)39-2)40(38)15-3-4-16-40/h5,7-8,10-11,17,23-24,35-36H,3-4,12-16,18-19H2,1-2H3/t23-,24+/m0/s1/i2D3. The number of hydrogen-bond acceptors (Lipinski definition) is 6. The first-order valence-corrected chi connectivity index (χ1v) is 16.4. The molecule has 5 rings (SSSR count). The summed E-state index contributed by atoms with van der Waals surface area (Å²) in [7, 11) is -3.50. The Hall–Kier alpha value is -2.73. The van der Waals surface area contributed by atoms with Crippen LogP contribution in [0.5, 0.6) is 5.75 Å². The number of benzene rings is 2. The van der Waals surface area contributed by atoms with Crippen LogP contribution in [0.25, 0.3) is 10.1 Å². The normalized spacial score (nSPS) is 22.3. The molecule has 41 heavy (non-hydrogen) atoms. The largest absolute Gasteiger partial charge is 0.495 e. The van der Waals surface area contributed by atoms with E-state index in [4.69, 9.17) is 8.85 Å². The van der Waals surface area contributed by atoms with Crippen LogP contribution in [0.3, 0.4) is 0 Å². The molecule has 220 valence electrons. The highest BCUT2D eigenvalue weighted by molar-refractivity contribution is 7.71. The average Bonchev–Trinajstić information content (AvgIpc) is 3.52. The molecule has 0 amide bonds. The predicted octanol–water partition coefficient (Wildman–Crippen LogP) is 6.71. The molecule has 0 spiro atoms. The molecule has 0 radical (unpaired) electrons. The van der Waals surface area contributed by atoms with Crippen molar-refractivity contribution in [1.82, 2.24) is 4.90 Å². The first kappa shape index (κ1) is 25.9. The number of halogens is 4. The molecule has 2 aliphatic rings. The van der Waals surface area contributed by atoms with Crippen LogP contribution >= 0.6 is 18.5 Å². The van der Waals surface area contributed by atoms with Crippen LogP contribution in [0.1, 0.15) is 33.8 Å². The zero-order valence-electron chi connectivity index (χ0n) is 25.6. The molecule has 0 unspecified atom stereocenters. The minimum atomic E-state index is -4.46. The lowest BCUT2D eigenvalue weighted by atomic mass is 10.0. The van der Waals surface area contributed by atoms with Gasteiger partial charge in [0.1, 0.15) is 19.1 Å². The minimum Gasteiger partial charge on any atom is -0.495 e. The fourth-order valence-electron chi connectivity index (χ4n) is 5.54. The summed E-state index contributed by atoms with van der Waals surface area (Å²) < 4.78 is 97.4. The van der Waals surface area contributed by atoms with E-state index in [-0.39, 0.29) is 29.3 Å². The topological polar surface area (TPSA) is 53.6 Å². The highest BCUT2D eigenvalue weighted by atomic mass is 32.1. The van der Waals surface area contributed by atoms with Gasteiger partial charge >= 0.3 is 6.18 Å². The Morgan fingerprint density at radius 2 is 2.02 bits per heavy atom. The number of hydrogen-bond donors (Lipinski definition) is 2. The van der Waals surface area contributed by atoms with Gasteiger partial charge in [-0.2, -0.15) is 13.2 Å². The van der Waals surface area contributed by atoms with E-state index < -0.39 is 39.0 Å². The number of likely N-dealkylation sites (tertiary alicyclic amines) is 1. The highest BCUT2D eigenvalue weighted by Gasteiger charge is 2.32. The number of fused-ring (bicyclic) bond motifs is 1. The van der Waals surface area contributed by atoms with Crippen LogP contribution in [0.4, 0.5) is 28.9 Å². The summed E-state index contributed by atoms with van der Waals surface area (Å²) >= 11 is 1.13. The van der Waals surface area contributed by atoms with E-state index in [2.05, 4.69) is 22.5 Å². The number of ether oxygens (including phenoxy) is 1. The van der Waals surface area contributed by atoms with Crippen molar-refractivity contribution in [3.63, 3.8) is 0 Å². The van der Waals surface area contributed by atoms with Gasteiger partial charge in [0.05, 0.1) is 51.1 Å². The van der Waals surface area contributed by atoms with Crippen LogP contribution in [0, 0.1) is 11.8 Å². The Morgan fingerprint density at radius 3 is 2.76 bits per heavy atom. The fourth-order valence-corrected chi connectivity index (χ4v) is 9.62. The number of piperidine rings is 1. The van der Waals surface area contributed by atoms with Crippen molar-refractivity contribution in [3.05, 3.63) is 46.8 Å². The molecule has 0 aliphatic carbocycles. The van der Waals surface area contributed by atoms with Gasteiger partial charge in [-0.15, -0.1) is 11.3 Å². The molecule has 2 N–H and O–H groups in total. The first-order valence-electron chi connectivity index (χ1n) is 15.1. The second-order valence-electron chi connectivity index (χ2n) is 10.7. The third-order valence-electron chi connectivity index (χ3n) is 7.68. The maximum absolute atomic E-state index is 14.7. The van der Waals surface area contributed by atoms with Gasteiger partial charge in [-0.05, 0) is 61.5 Å². The monoisotopic (exact) mass is 610 g/mol. The van der Waals surface area contributed by atoms with Crippen molar-refractivity contribution in [1.29, 1.82) is 0 Å². The van der Waals surface area contributed by atoms with Gasteiger partial charge in [0, 0.05) is 30.7 Å². The molecular formula is C30H34F4N3O2PS. The second-order valence-corrected chi connectivity index (χ2v) is 14.9. The molecule has 0 saturated carbocycles. The van der Waals surface area contributed by atoms with Crippen molar-refractivity contribution in [2.75, 3.05) is 56.7 Å². The molecule has 3 aromatic rings. The molecule has 1 aromatic heterocycles. The van der Waals surface area contributed by atoms with Crippen molar-refractivity contribution < 1.29 is 31.0 Å². The summed E-state index contributed by atoms with van der Waals surface area (Å²) in [6.45, 7) is 0.975. The number of thiophene rings is 1. The average molecular weight is 611 g/mol. The van der Waals surface area contributed by atoms with Crippen LogP contribution in [0.2, 0.25) is 0 Å². The minimum absolute atomic E-state index is 0.0156. The number of methoxy groups -OCH3 is 1. The van der Waals surface area contributed by atoms with Crippen molar-refractivity contribution in [2.24, 2.45) is 0 Å². The summed E-state index contributed by atoms with van der Waals surface area (Å²) in [6.07, 6.45) is -3.34. The lowest BCUT2D eigenvalue weighted by Gasteiger charge is -2.33. The van der Waals surface area contributed by atoms with E-state index in [1.54, 1.807) is 30.3 Å². The maximum atomic E-state index is 14.7. The van der Waals surface area contributed by atoms with Gasteiger partial charge < -0.3 is 24.8 Å². The summed E-state index contributed by atoms with van der Waals surface area (Å²) in [5, 5.41) is 7.21. The zero-order valence-corrected chi connectivity index (χ0v) is 24.3. The third kappa shape index (κ3) is 6.85. The molecule has 2 fully saturated rings. The summed E-state index contributed by atoms with van der Waals surface area (Å²) in [6, 6.07) is 9.38. The van der Waals surface area contributed by atoms with E-state index >= 15 is 0 Å². The predicted molar refractivity (Wildman–Crippen MR) is 161 cm³/mol. The molecular weight excluding hydrogens is 573 g/mol. The number of rotatable bonds is 7. The molecule has 5 nitrogen and oxygen atoms in total. The Labute approximate surface area is 246 Å². The van der Waals surface area contributed by atoms with Crippen LogP contribution in [-0.2, 0) is 11.0 Å². The van der Waals surface area contributed by atoms with E-state index in [0.29, 0.717) is 52.1 Å². The van der Waals surface area contributed by atoms with Crippen molar-refractivity contribution in [2.45, 2.75) is 44.1 Å². The van der Waals surface area contributed by atoms with E-state index in [9.17, 15) is 22.1 Å². The van der Waals surface area contributed by atoms with Crippen molar-refractivity contribution >= 4 is 45.2 Å². The number of alkyl halides is 4. The van der Waals surface area contributed by atoms with Gasteiger partial charge in [0.2, 0.25) is 0 Å². The Bertz CT molecular complexity index is 1610. The van der Waals surface area contributed by atoms with Gasteiger partial charge in [-0.3, -0.25) is 0 Å². The molecule has 11 heteroatoms. The van der Waals surface area contributed by atoms with E-state index in [1.165, 1.54) is 6.07 Å². The molecule has 2 aliphatic heterocycles. The fraction of sp³-hybridized carbons (Fsp3) is 0.467. The number of anilines is 2.